The van der Waals surface area contributed by atoms with Gasteiger partial charge >= 0.3 is 0 Å². The number of aryl methyl sites for hydroxylation is 1. The summed E-state index contributed by atoms with van der Waals surface area (Å²) < 4.78 is 0. The summed E-state index contributed by atoms with van der Waals surface area (Å²) in [5.41, 5.74) is 3.34. The van der Waals surface area contributed by atoms with Crippen molar-refractivity contribution in [3.05, 3.63) is 36.4 Å². The van der Waals surface area contributed by atoms with Crippen LogP contribution in [0.25, 0.3) is 0 Å². The summed E-state index contributed by atoms with van der Waals surface area (Å²) in [7, 11) is 0. The molecule has 0 bridgehead atoms. The van der Waals surface area contributed by atoms with Crippen molar-refractivity contribution in [3.63, 3.8) is 0 Å². The van der Waals surface area contributed by atoms with Crippen molar-refractivity contribution in [1.82, 2.24) is 5.32 Å². The SMILES string of the molecule is C=CCC1CCC(CCCC(=O)Nc2ccc(N3CCNCC3)cc2C)C1. The molecule has 0 aromatic heterocycles. The van der Waals surface area contributed by atoms with Gasteiger partial charge in [-0.15, -0.1) is 6.58 Å². The molecule has 3 rings (SSSR count). The maximum Gasteiger partial charge on any atom is 0.224 e. The number of benzene rings is 1. The summed E-state index contributed by atoms with van der Waals surface area (Å²) in [4.78, 5) is 14.7. The summed E-state index contributed by atoms with van der Waals surface area (Å²) in [6, 6.07) is 6.38. The van der Waals surface area contributed by atoms with E-state index in [4.69, 9.17) is 0 Å². The first-order valence-electron chi connectivity index (χ1n) is 10.6. The van der Waals surface area contributed by atoms with E-state index in [1.54, 1.807) is 0 Å². The van der Waals surface area contributed by atoms with Crippen LogP contribution in [0.15, 0.2) is 30.9 Å². The van der Waals surface area contributed by atoms with Crippen LogP contribution in [0.5, 0.6) is 0 Å². The molecule has 1 aliphatic carbocycles. The van der Waals surface area contributed by atoms with Gasteiger partial charge in [0.05, 0.1) is 0 Å². The molecular formula is C23H35N3O. The number of piperazine rings is 1. The van der Waals surface area contributed by atoms with Crippen LogP contribution in [0.3, 0.4) is 0 Å². The van der Waals surface area contributed by atoms with E-state index in [1.165, 1.54) is 31.4 Å². The molecule has 1 saturated carbocycles. The number of nitrogens with one attached hydrogen (secondary N) is 2. The molecule has 1 amide bonds. The van der Waals surface area contributed by atoms with E-state index in [2.05, 4.69) is 53.3 Å². The summed E-state index contributed by atoms with van der Waals surface area (Å²) in [5.74, 6) is 1.79. The lowest BCUT2D eigenvalue weighted by Gasteiger charge is -2.30. The van der Waals surface area contributed by atoms with Crippen LogP contribution < -0.4 is 15.5 Å². The Morgan fingerprint density at radius 2 is 2.07 bits per heavy atom. The molecule has 2 aliphatic rings. The van der Waals surface area contributed by atoms with E-state index in [9.17, 15) is 4.79 Å². The lowest BCUT2D eigenvalue weighted by molar-refractivity contribution is -0.116. The molecule has 2 N–H and O–H groups in total. The minimum Gasteiger partial charge on any atom is -0.369 e. The average molecular weight is 370 g/mol. The van der Waals surface area contributed by atoms with Crippen molar-refractivity contribution in [1.29, 1.82) is 0 Å². The van der Waals surface area contributed by atoms with Gasteiger partial charge in [-0.2, -0.15) is 0 Å². The van der Waals surface area contributed by atoms with Crippen LogP contribution in [-0.4, -0.2) is 32.1 Å². The van der Waals surface area contributed by atoms with Gasteiger partial charge in [0.25, 0.3) is 0 Å². The van der Waals surface area contributed by atoms with Crippen LogP contribution in [0.2, 0.25) is 0 Å². The Hall–Kier alpha value is -1.81. The largest absolute Gasteiger partial charge is 0.369 e. The van der Waals surface area contributed by atoms with Crippen LogP contribution in [0.1, 0.15) is 50.5 Å². The number of carbonyl (C=O) groups is 1. The van der Waals surface area contributed by atoms with Crippen molar-refractivity contribution >= 4 is 17.3 Å². The van der Waals surface area contributed by atoms with Crippen molar-refractivity contribution in [2.24, 2.45) is 11.8 Å². The standard InChI is InChI=1S/C23H35N3O/c1-3-5-19-8-9-20(17-19)6-4-7-23(27)25-22-11-10-21(16-18(22)2)26-14-12-24-13-15-26/h3,10-11,16,19-20,24H,1,4-9,12-15,17H2,2H3,(H,25,27). The highest BCUT2D eigenvalue weighted by molar-refractivity contribution is 5.91. The zero-order valence-electron chi connectivity index (χ0n) is 16.8. The Labute approximate surface area is 164 Å². The molecule has 4 nitrogen and oxygen atoms in total. The number of nitrogens with zero attached hydrogens (tertiary/aromatic N) is 1. The molecule has 148 valence electrons. The van der Waals surface area contributed by atoms with E-state index < -0.39 is 0 Å². The lowest BCUT2D eigenvalue weighted by atomic mass is 9.97. The first-order valence-corrected chi connectivity index (χ1v) is 10.6. The molecule has 2 atom stereocenters. The van der Waals surface area contributed by atoms with Gasteiger partial charge in [0.2, 0.25) is 5.91 Å². The Kier molecular flexibility index (Phi) is 7.33. The van der Waals surface area contributed by atoms with Gasteiger partial charge in [0.1, 0.15) is 0 Å². The third kappa shape index (κ3) is 5.83. The fourth-order valence-electron chi connectivity index (χ4n) is 4.56. The third-order valence-corrected chi connectivity index (χ3v) is 6.13. The zero-order valence-corrected chi connectivity index (χ0v) is 16.8. The molecule has 4 heteroatoms. The molecule has 2 unspecified atom stereocenters. The summed E-state index contributed by atoms with van der Waals surface area (Å²) in [6.45, 7) is 10.1. The monoisotopic (exact) mass is 369 g/mol. The van der Waals surface area contributed by atoms with E-state index in [0.717, 1.165) is 62.1 Å². The second-order valence-electron chi connectivity index (χ2n) is 8.25. The van der Waals surface area contributed by atoms with Crippen molar-refractivity contribution < 1.29 is 4.79 Å². The van der Waals surface area contributed by atoms with Gasteiger partial charge in [0, 0.05) is 44.0 Å². The van der Waals surface area contributed by atoms with Gasteiger partial charge in [-0.3, -0.25) is 4.79 Å². The average Bonchev–Trinajstić information content (AvgIpc) is 3.12. The van der Waals surface area contributed by atoms with E-state index in [1.807, 2.05) is 0 Å². The highest BCUT2D eigenvalue weighted by Gasteiger charge is 2.23. The summed E-state index contributed by atoms with van der Waals surface area (Å²) in [5, 5.41) is 6.49. The number of amides is 1. The zero-order chi connectivity index (χ0) is 19.1. The minimum atomic E-state index is 0.147. The van der Waals surface area contributed by atoms with Gasteiger partial charge in [0.15, 0.2) is 0 Å². The molecule has 1 saturated heterocycles. The van der Waals surface area contributed by atoms with Gasteiger partial charge in [-0.1, -0.05) is 12.5 Å². The molecule has 0 radical (unpaired) electrons. The smallest absolute Gasteiger partial charge is 0.224 e. The minimum absolute atomic E-state index is 0.147. The topological polar surface area (TPSA) is 44.4 Å². The number of allylic oxidation sites excluding steroid dienone is 1. The van der Waals surface area contributed by atoms with E-state index >= 15 is 0 Å². The molecule has 0 spiro atoms. The first-order chi connectivity index (χ1) is 13.2. The maximum atomic E-state index is 12.3. The van der Waals surface area contributed by atoms with Crippen molar-refractivity contribution in [2.75, 3.05) is 36.4 Å². The highest BCUT2D eigenvalue weighted by Crippen LogP contribution is 2.36. The Balaban J connectivity index is 1.42. The molecule has 27 heavy (non-hydrogen) atoms. The Morgan fingerprint density at radius 1 is 1.30 bits per heavy atom. The molecule has 1 aromatic carbocycles. The fourth-order valence-corrected chi connectivity index (χ4v) is 4.56. The normalized spacial score (nSPS) is 22.6. The number of hydrogen-bond donors (Lipinski definition) is 2. The fraction of sp³-hybridized carbons (Fsp3) is 0.609. The molecule has 1 aliphatic heterocycles. The highest BCUT2D eigenvalue weighted by atomic mass is 16.1. The number of carbonyl (C=O) groups excluding carboxylic acids is 1. The van der Waals surface area contributed by atoms with Gasteiger partial charge in [-0.25, -0.2) is 0 Å². The van der Waals surface area contributed by atoms with Gasteiger partial charge < -0.3 is 15.5 Å². The molecular weight excluding hydrogens is 334 g/mol. The number of hydrogen-bond acceptors (Lipinski definition) is 3. The van der Waals surface area contributed by atoms with E-state index in [0.29, 0.717) is 6.42 Å². The number of anilines is 2. The van der Waals surface area contributed by atoms with Crippen molar-refractivity contribution in [3.8, 4) is 0 Å². The Bertz CT molecular complexity index is 637. The molecule has 1 aromatic rings. The van der Waals surface area contributed by atoms with Crippen LogP contribution in [0.4, 0.5) is 11.4 Å². The summed E-state index contributed by atoms with van der Waals surface area (Å²) in [6.07, 6.45) is 9.99. The Morgan fingerprint density at radius 3 is 2.81 bits per heavy atom. The quantitative estimate of drug-likeness (QED) is 0.663. The second kappa shape index (κ2) is 9.93. The van der Waals surface area contributed by atoms with Crippen LogP contribution >= 0.6 is 0 Å². The maximum absolute atomic E-state index is 12.3. The molecule has 1 heterocycles. The third-order valence-electron chi connectivity index (χ3n) is 6.13. The summed E-state index contributed by atoms with van der Waals surface area (Å²) >= 11 is 0. The van der Waals surface area contributed by atoms with Crippen LogP contribution in [-0.2, 0) is 4.79 Å². The second-order valence-corrected chi connectivity index (χ2v) is 8.25. The predicted octanol–water partition coefficient (Wildman–Crippen LogP) is 4.51. The lowest BCUT2D eigenvalue weighted by Crippen LogP contribution is -2.43. The first kappa shape index (κ1) is 19.9. The van der Waals surface area contributed by atoms with Crippen LogP contribution in [0, 0.1) is 18.8 Å². The van der Waals surface area contributed by atoms with Crippen molar-refractivity contribution in [2.45, 2.75) is 51.9 Å². The molecule has 2 fully saturated rings. The number of rotatable bonds is 8. The van der Waals surface area contributed by atoms with E-state index in [-0.39, 0.29) is 5.91 Å². The predicted molar refractivity (Wildman–Crippen MR) is 114 cm³/mol. The van der Waals surface area contributed by atoms with Gasteiger partial charge in [-0.05, 0) is 74.6 Å².